The van der Waals surface area contributed by atoms with E-state index < -0.39 is 0 Å². The Morgan fingerprint density at radius 2 is 0.659 bits per heavy atom. The Hall–Kier alpha value is -8.61. The number of anilines is 6. The van der Waals surface area contributed by atoms with E-state index in [4.69, 9.17) is 0 Å². The highest BCUT2D eigenvalue weighted by atomic mass is 32.2. The lowest BCUT2D eigenvalue weighted by atomic mass is 9.70. The molecule has 0 saturated carbocycles. The van der Waals surface area contributed by atoms with Crippen LogP contribution >= 0.6 is 11.8 Å². The second-order valence-corrected chi connectivity index (χ2v) is 26.6. The van der Waals surface area contributed by atoms with Gasteiger partial charge in [-0.3, -0.25) is 0 Å². The van der Waals surface area contributed by atoms with Crippen LogP contribution in [0.2, 0.25) is 0 Å². The van der Waals surface area contributed by atoms with Crippen LogP contribution in [0, 0.1) is 22.7 Å². The fraction of sp³-hybridized carbons (Fsp3) is 0.302. The van der Waals surface area contributed by atoms with Crippen LogP contribution in [0.15, 0.2) is 239 Å². The Balaban J connectivity index is 0.933. The van der Waals surface area contributed by atoms with Gasteiger partial charge in [-0.25, -0.2) is 0 Å². The molecule has 1 heterocycles. The summed E-state index contributed by atoms with van der Waals surface area (Å²) in [6.45, 7) is 9.25. The first-order chi connectivity index (χ1) is 44.8. The van der Waals surface area contributed by atoms with E-state index in [1.807, 2.05) is 12.2 Å². The molecule has 91 heavy (non-hydrogen) atoms. The standard InChI is InChI=1S/C86H90N4S/c1-5-9-13-29-53-85(54-30-14-10-6-2)81-57-65(43-49-77(81)79-51-45-73(61-83(79)85)89(69-33-21-17-22-34-69)70-35-23-18-24-36-70)41-47-75-59-67(68(63-87)64-88)60-76(91-75)48-42-66-44-50-78-80-52-46-74(90(71-37-25-19-26-38-71)72-39-27-20-28-40-72)62-84(80)86(82(78)58-66,55-31-15-11-7-3)56-32-16-12-8-4/h17-28,33-52,57-62H,5-16,29-32,53-56H2,1-4H3/b47-41+,48-42+. The molecule has 5 heteroatoms. The van der Waals surface area contributed by atoms with E-state index in [9.17, 15) is 10.5 Å². The molecular formula is C86H90N4S. The second kappa shape index (κ2) is 30.9. The van der Waals surface area contributed by atoms with E-state index in [-0.39, 0.29) is 16.4 Å². The lowest BCUT2D eigenvalue weighted by molar-refractivity contribution is 0.401. The lowest BCUT2D eigenvalue weighted by Gasteiger charge is -2.34. The van der Waals surface area contributed by atoms with E-state index in [1.165, 1.54) is 159 Å². The molecular weight excluding hydrogens is 1120 g/mol. The average molecular weight is 1210 g/mol. The third kappa shape index (κ3) is 14.3. The van der Waals surface area contributed by atoms with E-state index in [0.29, 0.717) is 5.57 Å². The number of benzene rings is 8. The molecule has 460 valence electrons. The molecule has 8 aromatic carbocycles. The summed E-state index contributed by atoms with van der Waals surface area (Å²) >= 11 is 1.69. The van der Waals surface area contributed by atoms with Gasteiger partial charge in [-0.2, -0.15) is 10.5 Å². The van der Waals surface area contributed by atoms with Crippen molar-refractivity contribution >= 4 is 58.0 Å². The number of fused-ring (bicyclic) bond motifs is 6. The Kier molecular flexibility index (Phi) is 21.7. The summed E-state index contributed by atoms with van der Waals surface area (Å²) in [5, 5.41) is 20.7. The highest BCUT2D eigenvalue weighted by Gasteiger charge is 2.44. The predicted molar refractivity (Wildman–Crippen MR) is 390 cm³/mol. The average Bonchev–Trinajstić information content (AvgIpc) is 1.58. The van der Waals surface area contributed by atoms with Gasteiger partial charge in [0, 0.05) is 60.3 Å². The Labute approximate surface area is 549 Å². The van der Waals surface area contributed by atoms with Gasteiger partial charge in [-0.05, 0) is 178 Å². The van der Waals surface area contributed by atoms with E-state index >= 15 is 0 Å². The van der Waals surface area contributed by atoms with E-state index in [2.05, 4.69) is 268 Å². The number of nitriles is 2. The number of unbranched alkanes of at least 4 members (excludes halogenated alkanes) is 12. The molecule has 0 saturated heterocycles. The number of nitrogens with zero attached hydrogens (tertiary/aromatic N) is 4. The zero-order valence-electron chi connectivity index (χ0n) is 54.3. The maximum atomic E-state index is 10.3. The number of para-hydroxylation sites is 4. The summed E-state index contributed by atoms with van der Waals surface area (Å²) in [7, 11) is 0. The van der Waals surface area contributed by atoms with Gasteiger partial charge in [-0.1, -0.05) is 276 Å². The van der Waals surface area contributed by atoms with Crippen molar-refractivity contribution in [2.45, 2.75) is 167 Å². The Bertz CT molecular complexity index is 3640. The van der Waals surface area contributed by atoms with Crippen molar-refractivity contribution in [3.8, 4) is 34.4 Å². The third-order valence-electron chi connectivity index (χ3n) is 19.4. The lowest BCUT2D eigenvalue weighted by Crippen LogP contribution is -2.26. The first-order valence-corrected chi connectivity index (χ1v) is 35.1. The highest BCUT2D eigenvalue weighted by Crippen LogP contribution is 2.58. The fourth-order valence-electron chi connectivity index (χ4n) is 14.8. The van der Waals surface area contributed by atoms with Crippen molar-refractivity contribution in [3.63, 3.8) is 0 Å². The molecule has 11 rings (SSSR count). The van der Waals surface area contributed by atoms with Crippen molar-refractivity contribution in [2.24, 2.45) is 0 Å². The molecule has 1 aliphatic heterocycles. The summed E-state index contributed by atoms with van der Waals surface area (Å²) in [5.41, 5.74) is 20.9. The van der Waals surface area contributed by atoms with Gasteiger partial charge in [0.05, 0.1) is 0 Å². The number of hydrogen-bond donors (Lipinski definition) is 0. The Morgan fingerprint density at radius 3 is 0.967 bits per heavy atom. The third-order valence-corrected chi connectivity index (χ3v) is 20.3. The van der Waals surface area contributed by atoms with Crippen LogP contribution in [0.3, 0.4) is 0 Å². The summed E-state index contributed by atoms with van der Waals surface area (Å²) < 4.78 is 0. The van der Waals surface area contributed by atoms with Crippen LogP contribution in [0.1, 0.15) is 189 Å². The normalized spacial score (nSPS) is 14.1. The predicted octanol–water partition coefficient (Wildman–Crippen LogP) is 25.6. The zero-order chi connectivity index (χ0) is 62.8. The minimum Gasteiger partial charge on any atom is -0.310 e. The van der Waals surface area contributed by atoms with Crippen molar-refractivity contribution < 1.29 is 0 Å². The molecule has 0 fully saturated rings. The number of rotatable bonds is 30. The summed E-state index contributed by atoms with van der Waals surface area (Å²) in [5.74, 6) is 0. The molecule has 3 aliphatic rings. The molecule has 0 bridgehead atoms. The first kappa shape index (κ1) is 63.9. The van der Waals surface area contributed by atoms with E-state index in [1.54, 1.807) is 11.8 Å². The molecule has 2 aliphatic carbocycles. The molecule has 0 radical (unpaired) electrons. The number of allylic oxidation sites excluding steroid dienone is 6. The summed E-state index contributed by atoms with van der Waals surface area (Å²) in [6.07, 6.45) is 36.7. The van der Waals surface area contributed by atoms with Crippen molar-refractivity contribution in [3.05, 3.63) is 273 Å². The number of thioether (sulfide) groups is 1. The largest absolute Gasteiger partial charge is 0.310 e. The topological polar surface area (TPSA) is 54.1 Å². The molecule has 0 N–H and O–H groups in total. The zero-order valence-corrected chi connectivity index (χ0v) is 55.1. The van der Waals surface area contributed by atoms with Crippen molar-refractivity contribution in [1.29, 1.82) is 10.5 Å². The minimum absolute atomic E-state index is 0.115. The molecule has 0 aromatic heterocycles. The molecule has 0 amide bonds. The molecule has 0 atom stereocenters. The fourth-order valence-corrected chi connectivity index (χ4v) is 15.7. The smallest absolute Gasteiger partial charge is 0.136 e. The molecule has 4 nitrogen and oxygen atoms in total. The van der Waals surface area contributed by atoms with Gasteiger partial charge in [0.2, 0.25) is 0 Å². The number of hydrogen-bond acceptors (Lipinski definition) is 5. The minimum atomic E-state index is -0.145. The van der Waals surface area contributed by atoms with Crippen LogP contribution in [0.4, 0.5) is 34.1 Å². The van der Waals surface area contributed by atoms with Gasteiger partial charge in [-0.15, -0.1) is 0 Å². The van der Waals surface area contributed by atoms with Crippen molar-refractivity contribution in [1.82, 2.24) is 0 Å². The van der Waals surface area contributed by atoms with Crippen molar-refractivity contribution in [2.75, 3.05) is 9.80 Å². The maximum Gasteiger partial charge on any atom is 0.136 e. The van der Waals surface area contributed by atoms with Gasteiger partial charge in [0.25, 0.3) is 0 Å². The van der Waals surface area contributed by atoms with Crippen LogP contribution in [0.5, 0.6) is 0 Å². The van der Waals surface area contributed by atoms with Crippen LogP contribution in [0.25, 0.3) is 34.4 Å². The van der Waals surface area contributed by atoms with E-state index in [0.717, 1.165) is 69.4 Å². The van der Waals surface area contributed by atoms with Gasteiger partial charge < -0.3 is 9.80 Å². The Morgan fingerprint density at radius 1 is 0.352 bits per heavy atom. The first-order valence-electron chi connectivity index (χ1n) is 34.3. The quantitative estimate of drug-likeness (QED) is 0.0332. The van der Waals surface area contributed by atoms with Crippen LogP contribution < -0.4 is 9.80 Å². The molecule has 0 spiro atoms. The monoisotopic (exact) mass is 1210 g/mol. The van der Waals surface area contributed by atoms with Gasteiger partial charge in [0.1, 0.15) is 17.7 Å². The maximum absolute atomic E-state index is 10.3. The highest BCUT2D eigenvalue weighted by molar-refractivity contribution is 8.07. The van der Waals surface area contributed by atoms with Gasteiger partial charge in [0.15, 0.2) is 0 Å². The summed E-state index contributed by atoms with van der Waals surface area (Å²) in [4.78, 5) is 6.81. The summed E-state index contributed by atoms with van der Waals surface area (Å²) in [6, 6.07) is 76.6. The molecule has 8 aromatic rings. The second-order valence-electron chi connectivity index (χ2n) is 25.4. The molecule has 0 unspecified atom stereocenters. The SMILES string of the molecule is CCCCCCC1(CCCCCC)c2cc(/C=C/C3=CC(=C(C#N)C#N)C=C(/C=C/c4ccc5c(c4)C(CCCCCC)(CCCCCC)c4cc(N(c6ccccc6)c6ccccc6)ccc4-5)S3)ccc2-c2ccc(N(c3ccccc3)c3ccccc3)cc21. The van der Waals surface area contributed by atoms with Crippen LogP contribution in [-0.4, -0.2) is 0 Å². The van der Waals surface area contributed by atoms with Crippen LogP contribution in [-0.2, 0) is 10.8 Å². The van der Waals surface area contributed by atoms with Gasteiger partial charge >= 0.3 is 0 Å².